The van der Waals surface area contributed by atoms with E-state index in [-0.39, 0.29) is 12.4 Å². The second kappa shape index (κ2) is 2.68. The fraction of sp³-hybridized carbons (Fsp3) is 1.00. The van der Waals surface area contributed by atoms with Gasteiger partial charge in [-0.3, -0.25) is 0 Å². The summed E-state index contributed by atoms with van der Waals surface area (Å²) >= 11 is 0. The number of hydrogen-bond donors (Lipinski definition) is 1. The number of rotatable bonds is 1. The molecule has 2 nitrogen and oxygen atoms in total. The van der Waals surface area contributed by atoms with Crippen LogP contribution in [-0.2, 0) is 4.74 Å². The summed E-state index contributed by atoms with van der Waals surface area (Å²) in [6.07, 6.45) is 4.36. The van der Waals surface area contributed by atoms with Gasteiger partial charge in [0.15, 0.2) is 0 Å². The molecule has 2 rings (SSSR count). The summed E-state index contributed by atoms with van der Waals surface area (Å²) < 4.78 is 5.45. The zero-order valence-corrected chi connectivity index (χ0v) is 6.82. The van der Waals surface area contributed by atoms with Gasteiger partial charge in [0.25, 0.3) is 0 Å². The molecule has 2 fully saturated rings. The minimum atomic E-state index is 0. The molecule has 2 aliphatic rings. The molecule has 10 heavy (non-hydrogen) atoms. The third-order valence-electron chi connectivity index (χ3n) is 2.51. The molecule has 2 N–H and O–H groups in total. The van der Waals surface area contributed by atoms with Crippen molar-refractivity contribution >= 4 is 12.4 Å². The minimum absolute atomic E-state index is 0. The minimum Gasteiger partial charge on any atom is -0.376 e. The van der Waals surface area contributed by atoms with Crippen LogP contribution in [0.4, 0.5) is 0 Å². The van der Waals surface area contributed by atoms with E-state index in [0.717, 1.165) is 6.61 Å². The highest BCUT2D eigenvalue weighted by molar-refractivity contribution is 5.85. The Bertz CT molecular complexity index is 125. The molecule has 0 unspecified atom stereocenters. The summed E-state index contributed by atoms with van der Waals surface area (Å²) in [6, 6.07) is 0. The molecule has 1 saturated carbocycles. The van der Waals surface area contributed by atoms with Crippen molar-refractivity contribution in [2.24, 2.45) is 11.1 Å². The van der Waals surface area contributed by atoms with E-state index in [2.05, 4.69) is 0 Å². The second-order valence-corrected chi connectivity index (χ2v) is 3.37. The van der Waals surface area contributed by atoms with E-state index < -0.39 is 0 Å². The second-order valence-electron chi connectivity index (χ2n) is 3.37. The Kier molecular flexibility index (Phi) is 2.23. The topological polar surface area (TPSA) is 35.2 Å². The van der Waals surface area contributed by atoms with Crippen molar-refractivity contribution in [3.63, 3.8) is 0 Å². The highest BCUT2D eigenvalue weighted by Gasteiger charge is 2.48. The molecule has 1 aliphatic carbocycles. The lowest BCUT2D eigenvalue weighted by molar-refractivity contribution is 0.111. The van der Waals surface area contributed by atoms with E-state index >= 15 is 0 Å². The number of hydrogen-bond acceptors (Lipinski definition) is 2. The van der Waals surface area contributed by atoms with Crippen LogP contribution in [0, 0.1) is 5.41 Å². The van der Waals surface area contributed by atoms with Crippen molar-refractivity contribution < 1.29 is 4.74 Å². The van der Waals surface area contributed by atoms with Gasteiger partial charge in [0.1, 0.15) is 0 Å². The van der Waals surface area contributed by atoms with Crippen LogP contribution < -0.4 is 5.73 Å². The highest BCUT2D eigenvalue weighted by Crippen LogP contribution is 2.53. The molecule has 1 spiro atoms. The molecule has 3 heteroatoms. The summed E-state index contributed by atoms with van der Waals surface area (Å²) in [4.78, 5) is 0. The van der Waals surface area contributed by atoms with Gasteiger partial charge in [-0.15, -0.1) is 12.4 Å². The maximum Gasteiger partial charge on any atom is 0.0703 e. The summed E-state index contributed by atoms with van der Waals surface area (Å²) in [5.74, 6) is 0. The van der Waals surface area contributed by atoms with Crippen LogP contribution in [-0.4, -0.2) is 19.3 Å². The third kappa shape index (κ3) is 1.29. The Balaban J connectivity index is 0.000000500. The fourth-order valence-corrected chi connectivity index (χ4v) is 1.57. The van der Waals surface area contributed by atoms with E-state index in [9.17, 15) is 0 Å². The Labute approximate surface area is 67.5 Å². The Hall–Kier alpha value is 0.210. The summed E-state index contributed by atoms with van der Waals surface area (Å²) in [5.41, 5.74) is 6.07. The van der Waals surface area contributed by atoms with Gasteiger partial charge >= 0.3 is 0 Å². The number of halogens is 1. The SMILES string of the molecule is Cl.NC[C@@H]1CC2(CC2)CO1. The molecular formula is C7H14ClNO. The molecule has 1 heterocycles. The molecule has 1 atom stereocenters. The largest absolute Gasteiger partial charge is 0.376 e. The van der Waals surface area contributed by atoms with Gasteiger partial charge in [-0.2, -0.15) is 0 Å². The fourth-order valence-electron chi connectivity index (χ4n) is 1.57. The predicted octanol–water partition coefficient (Wildman–Crippen LogP) is 0.936. The molecule has 60 valence electrons. The van der Waals surface area contributed by atoms with Crippen LogP contribution in [0.15, 0.2) is 0 Å². The van der Waals surface area contributed by atoms with Gasteiger partial charge in [-0.1, -0.05) is 0 Å². The van der Waals surface area contributed by atoms with Crippen LogP contribution in [0.5, 0.6) is 0 Å². The Morgan fingerprint density at radius 3 is 2.50 bits per heavy atom. The van der Waals surface area contributed by atoms with Crippen LogP contribution in [0.1, 0.15) is 19.3 Å². The van der Waals surface area contributed by atoms with E-state index in [0.29, 0.717) is 18.1 Å². The van der Waals surface area contributed by atoms with Gasteiger partial charge in [-0.05, 0) is 24.7 Å². The number of ether oxygens (including phenoxy) is 1. The first kappa shape index (κ1) is 8.31. The quantitative estimate of drug-likeness (QED) is 0.625. The van der Waals surface area contributed by atoms with Crippen molar-refractivity contribution in [2.45, 2.75) is 25.4 Å². The monoisotopic (exact) mass is 163 g/mol. The Morgan fingerprint density at radius 1 is 1.50 bits per heavy atom. The first-order valence-corrected chi connectivity index (χ1v) is 3.66. The average molecular weight is 164 g/mol. The molecular weight excluding hydrogens is 150 g/mol. The van der Waals surface area contributed by atoms with Crippen LogP contribution in [0.25, 0.3) is 0 Å². The average Bonchev–Trinajstić information content (AvgIpc) is 2.44. The van der Waals surface area contributed by atoms with Gasteiger partial charge in [0, 0.05) is 6.54 Å². The lowest BCUT2D eigenvalue weighted by Crippen LogP contribution is -2.18. The van der Waals surface area contributed by atoms with E-state index in [4.69, 9.17) is 10.5 Å². The first-order valence-electron chi connectivity index (χ1n) is 3.66. The van der Waals surface area contributed by atoms with E-state index in [1.807, 2.05) is 0 Å². The van der Waals surface area contributed by atoms with E-state index in [1.54, 1.807) is 0 Å². The molecule has 0 radical (unpaired) electrons. The van der Waals surface area contributed by atoms with Crippen LogP contribution >= 0.6 is 12.4 Å². The van der Waals surface area contributed by atoms with Crippen molar-refractivity contribution in [1.82, 2.24) is 0 Å². The standard InChI is InChI=1S/C7H13NO.ClH/c8-4-6-3-7(1-2-7)5-9-6;/h6H,1-5,8H2;1H/t6-;/m0./s1. The zero-order valence-electron chi connectivity index (χ0n) is 6.01. The lowest BCUT2D eigenvalue weighted by atomic mass is 10.0. The molecule has 1 aliphatic heterocycles. The molecule has 0 bridgehead atoms. The summed E-state index contributed by atoms with van der Waals surface area (Å²) in [6.45, 7) is 1.69. The van der Waals surface area contributed by atoms with Crippen molar-refractivity contribution in [3.05, 3.63) is 0 Å². The predicted molar refractivity (Wildman–Crippen MR) is 42.3 cm³/mol. The van der Waals surface area contributed by atoms with E-state index in [1.165, 1.54) is 19.3 Å². The third-order valence-corrected chi connectivity index (χ3v) is 2.51. The zero-order chi connectivity index (χ0) is 6.32. The lowest BCUT2D eigenvalue weighted by Gasteiger charge is -2.02. The van der Waals surface area contributed by atoms with Crippen molar-refractivity contribution in [1.29, 1.82) is 0 Å². The molecule has 0 aromatic rings. The van der Waals surface area contributed by atoms with Crippen molar-refractivity contribution in [2.75, 3.05) is 13.2 Å². The smallest absolute Gasteiger partial charge is 0.0703 e. The Morgan fingerprint density at radius 2 is 2.20 bits per heavy atom. The highest BCUT2D eigenvalue weighted by atomic mass is 35.5. The summed E-state index contributed by atoms with van der Waals surface area (Å²) in [7, 11) is 0. The summed E-state index contributed by atoms with van der Waals surface area (Å²) in [5, 5.41) is 0. The van der Waals surface area contributed by atoms with Gasteiger partial charge in [0.05, 0.1) is 12.7 Å². The molecule has 0 amide bonds. The van der Waals surface area contributed by atoms with Crippen LogP contribution in [0.3, 0.4) is 0 Å². The van der Waals surface area contributed by atoms with Crippen molar-refractivity contribution in [3.8, 4) is 0 Å². The molecule has 0 aromatic heterocycles. The van der Waals surface area contributed by atoms with Crippen LogP contribution in [0.2, 0.25) is 0 Å². The normalized spacial score (nSPS) is 33.9. The first-order chi connectivity index (χ1) is 4.35. The van der Waals surface area contributed by atoms with Gasteiger partial charge in [0.2, 0.25) is 0 Å². The molecule has 0 aromatic carbocycles. The maximum absolute atomic E-state index is 5.46. The van der Waals surface area contributed by atoms with Gasteiger partial charge in [-0.25, -0.2) is 0 Å². The molecule has 1 saturated heterocycles. The number of nitrogens with two attached hydrogens (primary N) is 1. The maximum atomic E-state index is 5.46. The van der Waals surface area contributed by atoms with Gasteiger partial charge < -0.3 is 10.5 Å².